The van der Waals surface area contributed by atoms with Gasteiger partial charge in [-0.2, -0.15) is 0 Å². The van der Waals surface area contributed by atoms with Gasteiger partial charge in [-0.15, -0.1) is 0 Å². The number of nitrogens with one attached hydrogen (secondary N) is 2. The molecule has 2 unspecified atom stereocenters. The summed E-state index contributed by atoms with van der Waals surface area (Å²) in [6.45, 7) is 6.30. The van der Waals surface area contributed by atoms with Crippen LogP contribution in [0.15, 0.2) is 42.5 Å². The fourth-order valence-corrected chi connectivity index (χ4v) is 5.98. The van der Waals surface area contributed by atoms with Crippen molar-refractivity contribution in [2.75, 3.05) is 0 Å². The van der Waals surface area contributed by atoms with E-state index in [1.807, 2.05) is 30.3 Å². The molecule has 6 nitrogen and oxygen atoms in total. The van der Waals surface area contributed by atoms with Gasteiger partial charge in [-0.05, 0) is 36.0 Å². The van der Waals surface area contributed by atoms with Gasteiger partial charge >= 0.3 is 0 Å². The number of hydrogen-bond donors (Lipinski definition) is 2. The van der Waals surface area contributed by atoms with Crippen molar-refractivity contribution in [2.45, 2.75) is 50.9 Å². The van der Waals surface area contributed by atoms with Crippen molar-refractivity contribution in [1.29, 1.82) is 0 Å². The normalized spacial score (nSPS) is 24.5. The van der Waals surface area contributed by atoms with Gasteiger partial charge in [0.2, 0.25) is 5.91 Å². The van der Waals surface area contributed by atoms with Crippen molar-refractivity contribution < 1.29 is 9.59 Å². The predicted octanol–water partition coefficient (Wildman–Crippen LogP) is 4.66. The Labute approximate surface area is 202 Å². The number of rotatable bonds is 3. The molecule has 2 aliphatic carbocycles. The molecular weight excluding hydrogens is 459 g/mol. The molecule has 0 spiro atoms. The minimum atomic E-state index is -0.926. The van der Waals surface area contributed by atoms with Crippen molar-refractivity contribution in [2.24, 2.45) is 5.41 Å². The van der Waals surface area contributed by atoms with Crippen LogP contribution in [0.5, 0.6) is 0 Å². The summed E-state index contributed by atoms with van der Waals surface area (Å²) in [5, 5.41) is 0.804. The van der Waals surface area contributed by atoms with Crippen LogP contribution < -0.4 is 10.9 Å². The number of nitrogens with zero attached hydrogens (tertiary/aromatic N) is 2. The molecule has 0 aliphatic heterocycles. The molecule has 0 saturated heterocycles. The molecule has 2 aromatic carbocycles. The summed E-state index contributed by atoms with van der Waals surface area (Å²) in [4.78, 5) is 36.0. The third kappa shape index (κ3) is 3.00. The summed E-state index contributed by atoms with van der Waals surface area (Å²) >= 11 is 12.4. The molecule has 2 N–H and O–H groups in total. The molecule has 5 rings (SSSR count). The highest BCUT2D eigenvalue weighted by Crippen LogP contribution is 2.70. The average molecular weight is 483 g/mol. The van der Waals surface area contributed by atoms with E-state index in [9.17, 15) is 9.59 Å². The number of halogens is 2. The topological polar surface area (TPSA) is 84.0 Å². The largest absolute Gasteiger partial charge is 0.273 e. The van der Waals surface area contributed by atoms with Crippen molar-refractivity contribution in [3.63, 3.8) is 0 Å². The molecule has 1 fully saturated rings. The fourth-order valence-electron chi connectivity index (χ4n) is 5.66. The van der Waals surface area contributed by atoms with Gasteiger partial charge in [-0.25, -0.2) is 9.97 Å². The first kappa shape index (κ1) is 22.1. The van der Waals surface area contributed by atoms with E-state index in [4.69, 9.17) is 33.2 Å². The Hall–Kier alpha value is -2.70. The number of hydrazine groups is 1. The van der Waals surface area contributed by atoms with Gasteiger partial charge in [0.15, 0.2) is 0 Å². The SMILES string of the molecule is CC12CCC(C(=O)NNC(=O)Cc3ccccc3)(c3nc4cc(Cl)c(Cl)cc4nc31)C2(C)C. The molecule has 2 amide bonds. The lowest BCUT2D eigenvalue weighted by Gasteiger charge is -2.39. The number of amides is 2. The van der Waals surface area contributed by atoms with Crippen molar-refractivity contribution in [1.82, 2.24) is 20.8 Å². The van der Waals surface area contributed by atoms with Gasteiger partial charge < -0.3 is 0 Å². The van der Waals surface area contributed by atoms with Crippen molar-refractivity contribution >= 4 is 46.0 Å². The molecule has 170 valence electrons. The van der Waals surface area contributed by atoms with E-state index in [0.717, 1.165) is 17.7 Å². The van der Waals surface area contributed by atoms with Gasteiger partial charge in [0.05, 0.1) is 38.9 Å². The molecule has 1 saturated carbocycles. The van der Waals surface area contributed by atoms with Crippen LogP contribution in [0.3, 0.4) is 0 Å². The summed E-state index contributed by atoms with van der Waals surface area (Å²) < 4.78 is 0. The predicted molar refractivity (Wildman–Crippen MR) is 128 cm³/mol. The maximum absolute atomic E-state index is 13.7. The van der Waals surface area contributed by atoms with E-state index >= 15 is 0 Å². The number of benzene rings is 2. The zero-order valence-corrected chi connectivity index (χ0v) is 20.1. The van der Waals surface area contributed by atoms with Gasteiger partial charge in [0.25, 0.3) is 5.91 Å². The second kappa shape index (κ2) is 7.40. The van der Waals surface area contributed by atoms with Crippen LogP contribution in [0.4, 0.5) is 0 Å². The van der Waals surface area contributed by atoms with E-state index in [2.05, 4.69) is 31.6 Å². The van der Waals surface area contributed by atoms with E-state index in [0.29, 0.717) is 33.2 Å². The molecule has 3 aromatic rings. The van der Waals surface area contributed by atoms with Crippen LogP contribution >= 0.6 is 23.2 Å². The lowest BCUT2D eigenvalue weighted by molar-refractivity contribution is -0.135. The summed E-state index contributed by atoms with van der Waals surface area (Å²) in [6, 6.07) is 12.8. The van der Waals surface area contributed by atoms with E-state index in [1.54, 1.807) is 12.1 Å². The van der Waals surface area contributed by atoms with Crippen LogP contribution in [0, 0.1) is 5.41 Å². The standard InChI is InChI=1S/C25H24Cl2N4O2/c1-23(2)24(3)9-10-25(23,22(33)31-30-19(32)11-14-7-5-4-6-8-14)21-20(24)28-17-12-15(26)16(27)13-18(17)29-21/h4-8,12-13H,9-11H2,1-3H3,(H,30,32)(H,31,33). The maximum Gasteiger partial charge on any atom is 0.251 e. The Morgan fingerprint density at radius 1 is 0.909 bits per heavy atom. The lowest BCUT2D eigenvalue weighted by Crippen LogP contribution is -2.56. The summed E-state index contributed by atoms with van der Waals surface area (Å²) in [5.74, 6) is -0.557. The highest BCUT2D eigenvalue weighted by Gasteiger charge is 2.73. The van der Waals surface area contributed by atoms with Crippen LogP contribution in [-0.4, -0.2) is 21.8 Å². The summed E-state index contributed by atoms with van der Waals surface area (Å²) in [6.07, 6.45) is 1.58. The highest BCUT2D eigenvalue weighted by atomic mass is 35.5. The van der Waals surface area contributed by atoms with E-state index in [-0.39, 0.29) is 23.7 Å². The molecule has 8 heteroatoms. The van der Waals surface area contributed by atoms with Gasteiger partial charge in [0, 0.05) is 5.41 Å². The number of carbonyl (C=O) groups is 2. The van der Waals surface area contributed by atoms with Crippen LogP contribution in [0.25, 0.3) is 11.0 Å². The maximum atomic E-state index is 13.7. The lowest BCUT2D eigenvalue weighted by atomic mass is 9.63. The minimum absolute atomic E-state index is 0.176. The minimum Gasteiger partial charge on any atom is -0.273 e. The first-order chi connectivity index (χ1) is 15.6. The van der Waals surface area contributed by atoms with Crippen molar-refractivity contribution in [3.8, 4) is 0 Å². The Bertz CT molecular complexity index is 1310. The molecule has 2 aliphatic rings. The zero-order chi connectivity index (χ0) is 23.6. The quantitative estimate of drug-likeness (QED) is 0.531. The van der Waals surface area contributed by atoms with Crippen LogP contribution in [0.1, 0.15) is 50.6 Å². The molecule has 2 atom stereocenters. The smallest absolute Gasteiger partial charge is 0.251 e. The van der Waals surface area contributed by atoms with Crippen LogP contribution in [0.2, 0.25) is 10.0 Å². The third-order valence-corrected chi connectivity index (χ3v) is 8.71. The Morgan fingerprint density at radius 3 is 2.15 bits per heavy atom. The molecule has 1 aromatic heterocycles. The van der Waals surface area contributed by atoms with Gasteiger partial charge in [-0.3, -0.25) is 20.4 Å². The first-order valence-electron chi connectivity index (χ1n) is 10.9. The Balaban J connectivity index is 1.50. The number of carbonyl (C=O) groups excluding carboxylic acids is 2. The summed E-state index contributed by atoms with van der Waals surface area (Å²) in [7, 11) is 0. The van der Waals surface area contributed by atoms with Gasteiger partial charge in [-0.1, -0.05) is 74.3 Å². The summed E-state index contributed by atoms with van der Waals surface area (Å²) in [5.41, 5.74) is 7.13. The third-order valence-electron chi connectivity index (χ3n) is 7.99. The number of hydrogen-bond acceptors (Lipinski definition) is 4. The molecule has 0 radical (unpaired) electrons. The van der Waals surface area contributed by atoms with E-state index in [1.165, 1.54) is 0 Å². The zero-order valence-electron chi connectivity index (χ0n) is 18.6. The molecule has 1 heterocycles. The number of aromatic nitrogens is 2. The molecular formula is C25H24Cl2N4O2. The van der Waals surface area contributed by atoms with Crippen LogP contribution in [-0.2, 0) is 26.8 Å². The molecule has 33 heavy (non-hydrogen) atoms. The fraction of sp³-hybridized carbons (Fsp3) is 0.360. The monoisotopic (exact) mass is 482 g/mol. The Kier molecular flexibility index (Phi) is 4.96. The van der Waals surface area contributed by atoms with Gasteiger partial charge in [0.1, 0.15) is 5.41 Å². The second-order valence-electron chi connectivity index (χ2n) is 9.70. The average Bonchev–Trinajstić information content (AvgIpc) is 3.07. The Morgan fingerprint density at radius 2 is 1.52 bits per heavy atom. The van der Waals surface area contributed by atoms with E-state index < -0.39 is 10.8 Å². The van der Waals surface area contributed by atoms with Crippen molar-refractivity contribution in [3.05, 3.63) is 69.5 Å². The highest BCUT2D eigenvalue weighted by molar-refractivity contribution is 6.42. The second-order valence-corrected chi connectivity index (χ2v) is 10.5. The molecule has 2 bridgehead atoms. The number of fused-ring (bicyclic) bond motifs is 6. The first-order valence-corrected chi connectivity index (χ1v) is 11.7.